The lowest BCUT2D eigenvalue weighted by Crippen LogP contribution is -2.59. The van der Waals surface area contributed by atoms with Gasteiger partial charge < -0.3 is 14.9 Å². The van der Waals surface area contributed by atoms with Crippen LogP contribution in [0.25, 0.3) is 0 Å². The predicted octanol–water partition coefficient (Wildman–Crippen LogP) is 4.35. The van der Waals surface area contributed by atoms with Crippen molar-refractivity contribution in [1.82, 2.24) is 9.80 Å². The zero-order chi connectivity index (χ0) is 24.7. The van der Waals surface area contributed by atoms with Crippen LogP contribution in [0.5, 0.6) is 0 Å². The molecule has 0 aromatic carbocycles. The highest BCUT2D eigenvalue weighted by Gasteiger charge is 2.64. The molecule has 4 fully saturated rings. The van der Waals surface area contributed by atoms with Crippen molar-refractivity contribution in [2.45, 2.75) is 85.3 Å². The summed E-state index contributed by atoms with van der Waals surface area (Å²) >= 11 is 0. The van der Waals surface area contributed by atoms with Gasteiger partial charge in [-0.2, -0.15) is 0 Å². The van der Waals surface area contributed by atoms with Crippen LogP contribution in [-0.4, -0.2) is 59.4 Å². The minimum Gasteiger partial charge on any atom is -0.393 e. The van der Waals surface area contributed by atoms with Gasteiger partial charge in [0.1, 0.15) is 0 Å². The number of carbonyl (C=O) groups excluding carboxylic acids is 2. The highest BCUT2D eigenvalue weighted by Crippen LogP contribution is 2.67. The maximum absolute atomic E-state index is 13.7. The summed E-state index contributed by atoms with van der Waals surface area (Å²) in [5, 5.41) is 11.2. The van der Waals surface area contributed by atoms with Crippen molar-refractivity contribution in [3.63, 3.8) is 0 Å². The van der Waals surface area contributed by atoms with Gasteiger partial charge in [-0.15, -0.1) is 0 Å². The van der Waals surface area contributed by atoms with E-state index in [-0.39, 0.29) is 40.5 Å². The summed E-state index contributed by atoms with van der Waals surface area (Å²) in [5.74, 6) is 2.77. The molecular formula is C29H46N2O3. The molecule has 5 aliphatic rings. The second-order valence-corrected chi connectivity index (χ2v) is 13.5. The highest BCUT2D eigenvalue weighted by molar-refractivity contribution is 6.03. The molecule has 0 aromatic rings. The molecule has 0 bridgehead atoms. The van der Waals surface area contributed by atoms with Crippen molar-refractivity contribution in [2.75, 3.05) is 20.6 Å². The van der Waals surface area contributed by atoms with Gasteiger partial charge in [-0.3, -0.25) is 9.59 Å². The standard InChI is InChI=1S/C29H46N2O3/c1-16(2)19-15-31(27(19)34)23-11-13-28(4)20-10-12-29(5)22(18(20)8-9-21(28)26(23)33)14-24(32)25(29)17(3)30(6)7/h11,16-22,24-25,32H,8-10,12-15H2,1-7H3/t17-,18+,19-,20-,21?,22-,24+,25-,28+,29-/m0/s1. The Balaban J connectivity index is 1.39. The van der Waals surface area contributed by atoms with E-state index < -0.39 is 0 Å². The summed E-state index contributed by atoms with van der Waals surface area (Å²) in [4.78, 5) is 30.5. The van der Waals surface area contributed by atoms with E-state index >= 15 is 0 Å². The minimum absolute atomic E-state index is 0.0214. The maximum atomic E-state index is 13.7. The topological polar surface area (TPSA) is 60.9 Å². The monoisotopic (exact) mass is 470 g/mol. The SMILES string of the molecule is CC(C)[C@@H]1CN(C2=CC[C@@]3(C)C(CC[C@H]4[C@@H]5C[C@@H](O)[C@H]([C@H](C)N(C)C)[C@@]5(C)CC[C@@H]43)C2=O)C1=O. The number of Topliss-reactive ketones (excluding diaryl/α,β-unsaturated/α-hetero) is 1. The summed E-state index contributed by atoms with van der Waals surface area (Å²) in [7, 11) is 4.27. The molecule has 0 aromatic heterocycles. The normalized spacial score (nSPS) is 47.2. The van der Waals surface area contributed by atoms with Gasteiger partial charge in [0.25, 0.3) is 0 Å². The zero-order valence-electron chi connectivity index (χ0n) is 22.4. The van der Waals surface area contributed by atoms with Gasteiger partial charge >= 0.3 is 0 Å². The number of hydrogen-bond acceptors (Lipinski definition) is 4. The van der Waals surface area contributed by atoms with E-state index in [1.807, 2.05) is 0 Å². The molecule has 4 aliphatic carbocycles. The number of β-lactam (4-membered cyclic amide) rings is 1. The lowest BCUT2D eigenvalue weighted by Gasteiger charge is -2.60. The van der Waals surface area contributed by atoms with Crippen LogP contribution in [0, 0.1) is 52.3 Å². The number of ketones is 1. The fraction of sp³-hybridized carbons (Fsp3) is 0.862. The van der Waals surface area contributed by atoms with Crippen LogP contribution in [0.4, 0.5) is 0 Å². The van der Waals surface area contributed by atoms with Crippen LogP contribution in [-0.2, 0) is 9.59 Å². The second-order valence-electron chi connectivity index (χ2n) is 13.5. The number of amides is 1. The lowest BCUT2D eigenvalue weighted by atomic mass is 9.45. The Morgan fingerprint density at radius 2 is 1.76 bits per heavy atom. The third-order valence-corrected chi connectivity index (χ3v) is 11.7. The van der Waals surface area contributed by atoms with Crippen LogP contribution in [0.1, 0.15) is 73.1 Å². The first kappa shape index (κ1) is 24.5. The van der Waals surface area contributed by atoms with Crippen molar-refractivity contribution < 1.29 is 14.7 Å². The van der Waals surface area contributed by atoms with Crippen LogP contribution >= 0.6 is 0 Å². The van der Waals surface area contributed by atoms with Crippen LogP contribution in [0.3, 0.4) is 0 Å². The number of fused-ring (bicyclic) bond motifs is 5. The molecule has 34 heavy (non-hydrogen) atoms. The summed E-state index contributed by atoms with van der Waals surface area (Å²) in [6, 6.07) is 0.360. The molecular weight excluding hydrogens is 424 g/mol. The molecule has 1 amide bonds. The predicted molar refractivity (Wildman–Crippen MR) is 134 cm³/mol. The Morgan fingerprint density at radius 3 is 2.38 bits per heavy atom. The lowest BCUT2D eigenvalue weighted by molar-refractivity contribution is -0.154. The van der Waals surface area contributed by atoms with Gasteiger partial charge in [-0.1, -0.05) is 33.8 Å². The summed E-state index contributed by atoms with van der Waals surface area (Å²) in [5.41, 5.74) is 0.842. The van der Waals surface area contributed by atoms with Gasteiger partial charge in [0, 0.05) is 24.4 Å². The molecule has 0 radical (unpaired) electrons. The Kier molecular flexibility index (Phi) is 5.88. The summed E-state index contributed by atoms with van der Waals surface area (Å²) in [6.07, 6.45) is 8.01. The van der Waals surface area contributed by atoms with E-state index in [2.05, 4.69) is 59.7 Å². The molecule has 5 rings (SSSR count). The minimum atomic E-state index is -0.234. The second kappa shape index (κ2) is 8.16. The van der Waals surface area contributed by atoms with Gasteiger partial charge in [-0.05, 0) is 94.0 Å². The number of carbonyl (C=O) groups is 2. The molecule has 0 spiro atoms. The molecule has 1 heterocycles. The van der Waals surface area contributed by atoms with E-state index in [0.717, 1.165) is 38.5 Å². The molecule has 1 saturated heterocycles. The number of aliphatic hydroxyl groups excluding tert-OH is 1. The smallest absolute Gasteiger partial charge is 0.232 e. The largest absolute Gasteiger partial charge is 0.393 e. The zero-order valence-corrected chi connectivity index (χ0v) is 22.4. The molecule has 3 saturated carbocycles. The number of nitrogens with zero attached hydrogens (tertiary/aromatic N) is 2. The van der Waals surface area contributed by atoms with E-state index in [1.165, 1.54) is 0 Å². The highest BCUT2D eigenvalue weighted by atomic mass is 16.3. The Bertz CT molecular complexity index is 896. The average Bonchev–Trinajstić information content (AvgIpc) is 3.03. The number of aliphatic hydroxyl groups is 1. The van der Waals surface area contributed by atoms with Crippen molar-refractivity contribution in [1.29, 1.82) is 0 Å². The van der Waals surface area contributed by atoms with Gasteiger partial charge in [-0.25, -0.2) is 0 Å². The quantitative estimate of drug-likeness (QED) is 0.621. The van der Waals surface area contributed by atoms with E-state index in [4.69, 9.17) is 0 Å². The van der Waals surface area contributed by atoms with Crippen LogP contribution in [0.15, 0.2) is 11.8 Å². The van der Waals surface area contributed by atoms with Crippen molar-refractivity contribution in [3.8, 4) is 0 Å². The fourth-order valence-corrected chi connectivity index (χ4v) is 9.43. The first-order valence-electron chi connectivity index (χ1n) is 13.8. The molecule has 10 atom stereocenters. The number of likely N-dealkylation sites (tertiary alicyclic amines) is 1. The number of rotatable bonds is 4. The molecule has 1 unspecified atom stereocenters. The number of allylic oxidation sites excluding steroid dienone is 2. The van der Waals surface area contributed by atoms with Crippen molar-refractivity contribution in [3.05, 3.63) is 11.8 Å². The first-order valence-corrected chi connectivity index (χ1v) is 13.8. The first-order chi connectivity index (χ1) is 15.9. The van der Waals surface area contributed by atoms with Gasteiger partial charge in [0.2, 0.25) is 5.91 Å². The van der Waals surface area contributed by atoms with Crippen molar-refractivity contribution in [2.24, 2.45) is 52.3 Å². The Morgan fingerprint density at radius 1 is 1.06 bits per heavy atom. The fourth-order valence-electron chi connectivity index (χ4n) is 9.43. The molecule has 5 nitrogen and oxygen atoms in total. The van der Waals surface area contributed by atoms with E-state index in [1.54, 1.807) is 4.90 Å². The van der Waals surface area contributed by atoms with Crippen molar-refractivity contribution >= 4 is 11.7 Å². The van der Waals surface area contributed by atoms with Gasteiger partial charge in [0.15, 0.2) is 5.78 Å². The Labute approximate surface area is 206 Å². The average molecular weight is 471 g/mol. The third-order valence-electron chi connectivity index (χ3n) is 11.7. The number of hydrogen-bond donors (Lipinski definition) is 1. The Hall–Kier alpha value is -1.20. The molecule has 5 heteroatoms. The maximum Gasteiger partial charge on any atom is 0.232 e. The third kappa shape index (κ3) is 3.25. The molecule has 1 N–H and O–H groups in total. The summed E-state index contributed by atoms with van der Waals surface area (Å²) < 4.78 is 0. The van der Waals surface area contributed by atoms with Crippen LogP contribution in [0.2, 0.25) is 0 Å². The molecule has 190 valence electrons. The molecule has 1 aliphatic heterocycles. The van der Waals surface area contributed by atoms with E-state index in [0.29, 0.717) is 47.9 Å². The van der Waals surface area contributed by atoms with Crippen LogP contribution < -0.4 is 0 Å². The van der Waals surface area contributed by atoms with Gasteiger partial charge in [0.05, 0.1) is 17.7 Å². The summed E-state index contributed by atoms with van der Waals surface area (Å²) in [6.45, 7) is 12.0. The van der Waals surface area contributed by atoms with E-state index in [9.17, 15) is 14.7 Å².